The second-order valence-electron chi connectivity index (χ2n) is 10.3. The number of aliphatic hydroxyl groups excluding tert-OH is 1. The Morgan fingerprint density at radius 3 is 2.42 bits per heavy atom. The van der Waals surface area contributed by atoms with Crippen molar-refractivity contribution >= 4 is 16.6 Å². The van der Waals surface area contributed by atoms with Crippen molar-refractivity contribution in [2.75, 3.05) is 59.0 Å². The Labute approximate surface area is 222 Å². The fraction of sp³-hybridized carbons (Fsp3) is 0.483. The smallest absolute Gasteiger partial charge is 0.129 e. The Morgan fingerprint density at radius 1 is 1.08 bits per heavy atom. The van der Waals surface area contributed by atoms with Crippen molar-refractivity contribution in [3.05, 3.63) is 59.8 Å². The maximum atomic E-state index is 16.0. The molecule has 2 heterocycles. The van der Waals surface area contributed by atoms with Crippen molar-refractivity contribution in [2.45, 2.75) is 31.9 Å². The SMILES string of the molecule is COc1ccc2ncc(N(C)C)c(C(F)CCC3(CO)CCN(CCOc4cc(F)cc(F)c4)CC3)c2c1. The van der Waals surface area contributed by atoms with Gasteiger partial charge in [-0.1, -0.05) is 0 Å². The third kappa shape index (κ3) is 6.50. The van der Waals surface area contributed by atoms with E-state index in [2.05, 4.69) is 9.88 Å². The minimum absolute atomic E-state index is 0.00190. The Bertz CT molecular complexity index is 1210. The third-order valence-electron chi connectivity index (χ3n) is 7.58. The molecule has 38 heavy (non-hydrogen) atoms. The van der Waals surface area contributed by atoms with Crippen LogP contribution in [0.25, 0.3) is 10.9 Å². The molecule has 1 aliphatic heterocycles. The van der Waals surface area contributed by atoms with E-state index in [9.17, 15) is 13.9 Å². The number of piperidine rings is 1. The standard InChI is InChI=1S/C29H36F3N3O3/c1-34(2)27-18-33-26-5-4-22(37-3)17-24(26)28(27)25(32)6-7-29(19-36)8-10-35(11-9-29)12-13-38-23-15-20(30)14-21(31)16-23/h4-5,14-18,25,36H,6-13,19H2,1-3H3. The molecule has 0 radical (unpaired) electrons. The molecule has 3 aromatic rings. The number of hydrogen-bond acceptors (Lipinski definition) is 6. The highest BCUT2D eigenvalue weighted by atomic mass is 19.1. The number of halogens is 3. The number of pyridine rings is 1. The molecule has 1 atom stereocenters. The van der Waals surface area contributed by atoms with Crippen molar-refractivity contribution in [1.82, 2.24) is 9.88 Å². The van der Waals surface area contributed by atoms with Crippen LogP contribution in [0.4, 0.5) is 18.9 Å². The third-order valence-corrected chi connectivity index (χ3v) is 7.58. The van der Waals surface area contributed by atoms with Gasteiger partial charge in [0.05, 0.1) is 24.5 Å². The van der Waals surface area contributed by atoms with E-state index in [0.29, 0.717) is 36.4 Å². The fourth-order valence-corrected chi connectivity index (χ4v) is 5.21. The Morgan fingerprint density at radius 2 is 1.79 bits per heavy atom. The molecule has 0 aliphatic carbocycles. The fourth-order valence-electron chi connectivity index (χ4n) is 5.21. The Kier molecular flexibility index (Phi) is 8.99. The number of alkyl halides is 1. The monoisotopic (exact) mass is 531 g/mol. The van der Waals surface area contributed by atoms with Gasteiger partial charge in [-0.15, -0.1) is 0 Å². The topological polar surface area (TPSA) is 58.1 Å². The number of aliphatic hydroxyl groups is 1. The number of ether oxygens (including phenoxy) is 2. The van der Waals surface area contributed by atoms with Gasteiger partial charge in [0.25, 0.3) is 0 Å². The highest BCUT2D eigenvalue weighted by Crippen LogP contribution is 2.42. The highest BCUT2D eigenvalue weighted by molar-refractivity contribution is 5.88. The highest BCUT2D eigenvalue weighted by Gasteiger charge is 2.35. The van der Waals surface area contributed by atoms with E-state index in [1.54, 1.807) is 13.3 Å². The van der Waals surface area contributed by atoms with Gasteiger partial charge >= 0.3 is 0 Å². The summed E-state index contributed by atoms with van der Waals surface area (Å²) < 4.78 is 53.6. The first-order chi connectivity index (χ1) is 18.2. The van der Waals surface area contributed by atoms with Crippen LogP contribution in [-0.2, 0) is 0 Å². The first-order valence-corrected chi connectivity index (χ1v) is 12.9. The van der Waals surface area contributed by atoms with E-state index >= 15 is 4.39 Å². The van der Waals surface area contributed by atoms with Crippen LogP contribution >= 0.6 is 0 Å². The average molecular weight is 532 g/mol. The number of rotatable bonds is 11. The summed E-state index contributed by atoms with van der Waals surface area (Å²) in [5, 5.41) is 11.0. The molecule has 1 fully saturated rings. The molecule has 2 aromatic carbocycles. The summed E-state index contributed by atoms with van der Waals surface area (Å²) in [6.07, 6.45) is 2.78. The van der Waals surface area contributed by atoms with E-state index in [0.717, 1.165) is 55.2 Å². The van der Waals surface area contributed by atoms with Gasteiger partial charge in [0.15, 0.2) is 0 Å². The minimum Gasteiger partial charge on any atom is -0.497 e. The van der Waals surface area contributed by atoms with Crippen LogP contribution in [0.5, 0.6) is 11.5 Å². The number of benzene rings is 2. The molecule has 4 rings (SSSR count). The molecule has 0 amide bonds. The minimum atomic E-state index is -1.23. The van der Waals surface area contributed by atoms with Crippen molar-refractivity contribution in [3.8, 4) is 11.5 Å². The molecule has 1 unspecified atom stereocenters. The number of nitrogens with zero attached hydrogens (tertiary/aromatic N) is 3. The van der Waals surface area contributed by atoms with Crippen molar-refractivity contribution in [2.24, 2.45) is 5.41 Å². The van der Waals surface area contributed by atoms with Crippen LogP contribution in [0.1, 0.15) is 37.4 Å². The number of hydrogen-bond donors (Lipinski definition) is 1. The summed E-state index contributed by atoms with van der Waals surface area (Å²) in [5.74, 6) is -0.534. The lowest BCUT2D eigenvalue weighted by Crippen LogP contribution is -2.43. The second-order valence-corrected chi connectivity index (χ2v) is 10.3. The van der Waals surface area contributed by atoms with Gasteiger partial charge in [-0.2, -0.15) is 0 Å². The van der Waals surface area contributed by atoms with E-state index < -0.39 is 17.8 Å². The van der Waals surface area contributed by atoms with Gasteiger partial charge < -0.3 is 19.5 Å². The van der Waals surface area contributed by atoms with Gasteiger partial charge in [-0.25, -0.2) is 13.2 Å². The predicted octanol–water partition coefficient (Wildman–Crippen LogP) is 5.53. The molecule has 6 nitrogen and oxygen atoms in total. The molecule has 1 N–H and O–H groups in total. The van der Waals surface area contributed by atoms with E-state index in [-0.39, 0.29) is 24.2 Å². The summed E-state index contributed by atoms with van der Waals surface area (Å²) in [5.41, 5.74) is 1.67. The van der Waals surface area contributed by atoms with Gasteiger partial charge in [0.1, 0.15) is 35.9 Å². The van der Waals surface area contributed by atoms with E-state index in [1.807, 2.05) is 37.2 Å². The lowest BCUT2D eigenvalue weighted by atomic mass is 9.74. The summed E-state index contributed by atoms with van der Waals surface area (Å²) in [6.45, 7) is 2.36. The van der Waals surface area contributed by atoms with Gasteiger partial charge in [0.2, 0.25) is 0 Å². The molecule has 0 bridgehead atoms. The molecular weight excluding hydrogens is 495 g/mol. The van der Waals surface area contributed by atoms with E-state index in [1.165, 1.54) is 0 Å². The van der Waals surface area contributed by atoms with Crippen LogP contribution in [0.15, 0.2) is 42.6 Å². The molecule has 0 saturated carbocycles. The summed E-state index contributed by atoms with van der Waals surface area (Å²) in [6, 6.07) is 8.61. The van der Waals surface area contributed by atoms with Gasteiger partial charge in [-0.3, -0.25) is 9.88 Å². The first-order valence-electron chi connectivity index (χ1n) is 12.9. The van der Waals surface area contributed by atoms with Crippen LogP contribution < -0.4 is 14.4 Å². The lowest BCUT2D eigenvalue weighted by Gasteiger charge is -2.41. The van der Waals surface area contributed by atoms with E-state index in [4.69, 9.17) is 9.47 Å². The Balaban J connectivity index is 1.37. The van der Waals surface area contributed by atoms with Crippen molar-refractivity contribution < 1.29 is 27.8 Å². The van der Waals surface area contributed by atoms with Crippen molar-refractivity contribution in [1.29, 1.82) is 0 Å². The zero-order chi connectivity index (χ0) is 27.3. The zero-order valence-electron chi connectivity index (χ0n) is 22.2. The molecule has 0 spiro atoms. The molecule has 9 heteroatoms. The zero-order valence-corrected chi connectivity index (χ0v) is 22.2. The molecule has 206 valence electrons. The molecule has 1 aromatic heterocycles. The molecule has 1 saturated heterocycles. The largest absolute Gasteiger partial charge is 0.497 e. The average Bonchev–Trinajstić information content (AvgIpc) is 2.91. The number of aromatic nitrogens is 1. The number of methoxy groups -OCH3 is 1. The quantitative estimate of drug-likeness (QED) is 0.351. The predicted molar refractivity (Wildman–Crippen MR) is 143 cm³/mol. The first kappa shape index (κ1) is 28.0. The normalized spacial score (nSPS) is 16.4. The van der Waals surface area contributed by atoms with Crippen LogP contribution in [0.3, 0.4) is 0 Å². The molecular formula is C29H36F3N3O3. The summed E-state index contributed by atoms with van der Waals surface area (Å²) in [7, 11) is 5.33. The Hall–Kier alpha value is -3.04. The second kappa shape index (κ2) is 12.2. The lowest BCUT2D eigenvalue weighted by molar-refractivity contribution is 0.0266. The summed E-state index contributed by atoms with van der Waals surface area (Å²) >= 11 is 0. The van der Waals surface area contributed by atoms with Crippen LogP contribution in [-0.4, -0.2) is 69.0 Å². The van der Waals surface area contributed by atoms with Gasteiger partial charge in [0, 0.05) is 56.4 Å². The van der Waals surface area contributed by atoms with Crippen molar-refractivity contribution in [3.63, 3.8) is 0 Å². The maximum Gasteiger partial charge on any atom is 0.129 e. The summed E-state index contributed by atoms with van der Waals surface area (Å²) in [4.78, 5) is 8.57. The maximum absolute atomic E-state index is 16.0. The number of fused-ring (bicyclic) bond motifs is 1. The van der Waals surface area contributed by atoms with Crippen LogP contribution in [0, 0.1) is 17.0 Å². The number of anilines is 1. The molecule has 1 aliphatic rings. The van der Waals surface area contributed by atoms with Gasteiger partial charge in [-0.05, 0) is 62.4 Å². The number of likely N-dealkylation sites (tertiary alicyclic amines) is 1. The van der Waals surface area contributed by atoms with Crippen LogP contribution in [0.2, 0.25) is 0 Å².